The lowest BCUT2D eigenvalue weighted by atomic mass is 9.99. The fourth-order valence-corrected chi connectivity index (χ4v) is 6.77. The van der Waals surface area contributed by atoms with Crippen molar-refractivity contribution < 1.29 is 0 Å². The van der Waals surface area contributed by atoms with E-state index in [4.69, 9.17) is 4.99 Å². The molecule has 0 amide bonds. The third-order valence-corrected chi connectivity index (χ3v) is 9.23. The van der Waals surface area contributed by atoms with E-state index >= 15 is 0 Å². The molecule has 48 heavy (non-hydrogen) atoms. The minimum atomic E-state index is 0.0145. The summed E-state index contributed by atoms with van der Waals surface area (Å²) in [6.07, 6.45) is 6.54. The van der Waals surface area contributed by atoms with Crippen molar-refractivity contribution in [3.05, 3.63) is 199 Å². The second kappa shape index (κ2) is 11.8. The van der Waals surface area contributed by atoms with Crippen LogP contribution >= 0.6 is 0 Å². The van der Waals surface area contributed by atoms with Crippen LogP contribution in [0, 0.1) is 0 Å². The monoisotopic (exact) mass is 616 g/mol. The second-order valence-corrected chi connectivity index (χ2v) is 12.2. The van der Waals surface area contributed by atoms with Gasteiger partial charge in [-0.25, -0.2) is 4.99 Å². The van der Waals surface area contributed by atoms with Gasteiger partial charge in [-0.15, -0.1) is 0 Å². The van der Waals surface area contributed by atoms with Crippen molar-refractivity contribution in [3.63, 3.8) is 0 Å². The number of rotatable bonds is 6. The third kappa shape index (κ3) is 5.10. The molecule has 1 aliphatic heterocycles. The maximum Gasteiger partial charge on any atom is 0.134 e. The van der Waals surface area contributed by atoms with E-state index in [2.05, 4.69) is 191 Å². The number of amidine groups is 1. The molecule has 4 heteroatoms. The van der Waals surface area contributed by atoms with Crippen LogP contribution in [-0.4, -0.2) is 15.0 Å². The van der Waals surface area contributed by atoms with Crippen LogP contribution in [0.5, 0.6) is 0 Å². The number of hydrogen-bond donors (Lipinski definition) is 1. The van der Waals surface area contributed by atoms with Gasteiger partial charge < -0.3 is 14.5 Å². The zero-order valence-corrected chi connectivity index (χ0v) is 26.2. The van der Waals surface area contributed by atoms with Gasteiger partial charge in [0.1, 0.15) is 5.84 Å². The summed E-state index contributed by atoms with van der Waals surface area (Å²) < 4.78 is 4.56. The Morgan fingerprint density at radius 2 is 1.00 bits per heavy atom. The van der Waals surface area contributed by atoms with Crippen molar-refractivity contribution in [1.29, 1.82) is 0 Å². The molecule has 9 rings (SSSR count). The van der Waals surface area contributed by atoms with Gasteiger partial charge in [-0.1, -0.05) is 121 Å². The van der Waals surface area contributed by atoms with E-state index in [0.29, 0.717) is 0 Å². The molecule has 2 aromatic heterocycles. The summed E-state index contributed by atoms with van der Waals surface area (Å²) in [6, 6.07) is 58.0. The normalized spacial score (nSPS) is 14.5. The maximum atomic E-state index is 5.11. The lowest BCUT2D eigenvalue weighted by molar-refractivity contribution is 0.781. The topological polar surface area (TPSA) is 34.2 Å². The van der Waals surface area contributed by atoms with Crippen LogP contribution in [0.3, 0.4) is 0 Å². The maximum absolute atomic E-state index is 5.11. The number of aromatic nitrogens is 2. The van der Waals surface area contributed by atoms with Gasteiger partial charge in [0.05, 0.1) is 22.8 Å². The van der Waals surface area contributed by atoms with Crippen molar-refractivity contribution >= 4 is 33.3 Å². The number of hydrogen-bond acceptors (Lipinski definition) is 2. The summed E-state index contributed by atoms with van der Waals surface area (Å²) in [5, 5.41) is 6.14. The highest BCUT2D eigenvalue weighted by atomic mass is 15.0. The Balaban J connectivity index is 1.13. The van der Waals surface area contributed by atoms with Crippen molar-refractivity contribution in [2.24, 2.45) is 4.99 Å². The molecule has 3 heterocycles. The largest absolute Gasteiger partial charge is 0.359 e. The molecular formula is C44H32N4. The minimum Gasteiger partial charge on any atom is -0.359 e. The second-order valence-electron chi connectivity index (χ2n) is 12.2. The number of nitrogens with one attached hydrogen (secondary N) is 1. The molecule has 0 aliphatic carbocycles. The first-order chi connectivity index (χ1) is 23.8. The van der Waals surface area contributed by atoms with E-state index in [1.54, 1.807) is 0 Å². The fourth-order valence-electron chi connectivity index (χ4n) is 6.77. The molecule has 0 fully saturated rings. The van der Waals surface area contributed by atoms with Gasteiger partial charge in [-0.2, -0.15) is 0 Å². The van der Waals surface area contributed by atoms with Gasteiger partial charge in [0.25, 0.3) is 0 Å². The van der Waals surface area contributed by atoms with Crippen LogP contribution in [0.2, 0.25) is 0 Å². The molecule has 6 aromatic carbocycles. The molecule has 0 bridgehead atoms. The number of fused-ring (bicyclic) bond motifs is 2. The quantitative estimate of drug-likeness (QED) is 0.198. The van der Waals surface area contributed by atoms with Crippen molar-refractivity contribution in [2.45, 2.75) is 6.04 Å². The molecule has 1 aliphatic rings. The standard InChI is InChI=1S/C44H32N4/c1-3-11-32(12-4-1)40-30-41(33-13-5-2-6-14-33)46-44(45-40)36-21-19-31(20-22-36)37-27-38(47-25-23-34-15-7-9-17-42(34)47)29-39(28-37)48-26-24-35-16-8-10-18-43(35)48/h1-30,40H,(H,45,46). The summed E-state index contributed by atoms with van der Waals surface area (Å²) >= 11 is 0. The summed E-state index contributed by atoms with van der Waals surface area (Å²) in [7, 11) is 0. The molecule has 0 spiro atoms. The number of benzene rings is 6. The van der Waals surface area contributed by atoms with Crippen molar-refractivity contribution in [3.8, 4) is 22.5 Å². The average Bonchev–Trinajstić information content (AvgIpc) is 3.80. The number of nitrogens with zero attached hydrogens (tertiary/aromatic N) is 3. The highest BCUT2D eigenvalue weighted by molar-refractivity contribution is 6.03. The molecule has 4 nitrogen and oxygen atoms in total. The predicted molar refractivity (Wildman–Crippen MR) is 199 cm³/mol. The molecule has 0 saturated carbocycles. The Hall–Kier alpha value is -6.39. The average molecular weight is 617 g/mol. The third-order valence-electron chi connectivity index (χ3n) is 9.23. The Morgan fingerprint density at radius 3 is 1.62 bits per heavy atom. The van der Waals surface area contributed by atoms with Gasteiger partial charge in [0, 0.05) is 29.3 Å². The van der Waals surface area contributed by atoms with Crippen LogP contribution in [0.15, 0.2) is 187 Å². The van der Waals surface area contributed by atoms with Crippen LogP contribution in [0.25, 0.3) is 50.0 Å². The highest BCUT2D eigenvalue weighted by Crippen LogP contribution is 2.32. The zero-order valence-electron chi connectivity index (χ0n) is 26.2. The molecule has 1 unspecified atom stereocenters. The molecule has 1 N–H and O–H groups in total. The molecule has 8 aromatic rings. The summed E-state index contributed by atoms with van der Waals surface area (Å²) in [5.41, 5.74) is 11.2. The van der Waals surface area contributed by atoms with Crippen LogP contribution in [-0.2, 0) is 0 Å². The van der Waals surface area contributed by atoms with E-state index < -0.39 is 0 Å². The highest BCUT2D eigenvalue weighted by Gasteiger charge is 2.20. The van der Waals surface area contributed by atoms with Gasteiger partial charge >= 0.3 is 0 Å². The molecule has 1 atom stereocenters. The molecule has 228 valence electrons. The van der Waals surface area contributed by atoms with E-state index in [9.17, 15) is 0 Å². The zero-order chi connectivity index (χ0) is 31.9. The number of aliphatic imine (C=N–C) groups is 1. The fraction of sp³-hybridized carbons (Fsp3) is 0.0227. The van der Waals surface area contributed by atoms with Crippen molar-refractivity contribution in [2.75, 3.05) is 0 Å². The molecular weight excluding hydrogens is 585 g/mol. The Kier molecular flexibility index (Phi) is 6.83. The first-order valence-electron chi connectivity index (χ1n) is 16.3. The lowest BCUT2D eigenvalue weighted by Gasteiger charge is -2.24. The molecule has 0 radical (unpaired) electrons. The van der Waals surface area contributed by atoms with Gasteiger partial charge in [-0.3, -0.25) is 0 Å². The van der Waals surface area contributed by atoms with E-state index in [-0.39, 0.29) is 6.04 Å². The Labute approximate surface area is 279 Å². The summed E-state index contributed by atoms with van der Waals surface area (Å²) in [6.45, 7) is 0. The van der Waals surface area contributed by atoms with Crippen LogP contribution < -0.4 is 5.32 Å². The lowest BCUT2D eigenvalue weighted by Crippen LogP contribution is -2.31. The van der Waals surface area contributed by atoms with E-state index in [1.165, 1.54) is 27.4 Å². The Morgan fingerprint density at radius 1 is 0.458 bits per heavy atom. The van der Waals surface area contributed by atoms with Gasteiger partial charge in [0.2, 0.25) is 0 Å². The summed E-state index contributed by atoms with van der Waals surface area (Å²) in [5.74, 6) is 0.865. The summed E-state index contributed by atoms with van der Waals surface area (Å²) in [4.78, 5) is 5.11. The first-order valence-corrected chi connectivity index (χ1v) is 16.3. The smallest absolute Gasteiger partial charge is 0.134 e. The van der Waals surface area contributed by atoms with E-state index in [1.807, 2.05) is 6.07 Å². The van der Waals surface area contributed by atoms with Crippen LogP contribution in [0.1, 0.15) is 22.7 Å². The van der Waals surface area contributed by atoms with E-state index in [0.717, 1.165) is 45.2 Å². The van der Waals surface area contributed by atoms with Crippen LogP contribution in [0.4, 0.5) is 0 Å². The van der Waals surface area contributed by atoms with Crippen molar-refractivity contribution in [1.82, 2.24) is 14.5 Å². The van der Waals surface area contributed by atoms with Gasteiger partial charge in [0.15, 0.2) is 0 Å². The predicted octanol–water partition coefficient (Wildman–Crippen LogP) is 10.4. The van der Waals surface area contributed by atoms with Gasteiger partial charge in [-0.05, 0) is 81.6 Å². The first kappa shape index (κ1) is 27.9. The Bertz CT molecular complexity index is 2370. The molecule has 0 saturated heterocycles. The number of para-hydroxylation sites is 2. The minimum absolute atomic E-state index is 0.0145. The SMILES string of the molecule is C1=C(c2ccccc2)N=C(c2ccc(-c3cc(-n4ccc5ccccc54)cc(-n4ccc5ccccc54)c3)cc2)NC1c1ccccc1.